The van der Waals surface area contributed by atoms with E-state index in [4.69, 9.17) is 0 Å². The maximum absolute atomic E-state index is 11.0. The summed E-state index contributed by atoms with van der Waals surface area (Å²) in [6.07, 6.45) is 16.4. The molecule has 0 saturated carbocycles. The zero-order valence-corrected chi connectivity index (χ0v) is 16.1. The first-order chi connectivity index (χ1) is 11.8. The van der Waals surface area contributed by atoms with Crippen LogP contribution in [-0.4, -0.2) is 18.3 Å². The van der Waals surface area contributed by atoms with Gasteiger partial charge in [0.25, 0.3) is 0 Å². The number of carbonyl (C=O) groups excluding carboxylic acids is 1. The predicted octanol–water partition coefficient (Wildman–Crippen LogP) is 5.68. The zero-order valence-electron chi connectivity index (χ0n) is 16.1. The van der Waals surface area contributed by atoms with Crippen LogP contribution in [0.2, 0.25) is 0 Å². The summed E-state index contributed by atoms with van der Waals surface area (Å²) in [5.74, 6) is 0. The second kappa shape index (κ2) is 8.28. The third kappa shape index (κ3) is 5.70. The van der Waals surface area contributed by atoms with Crippen LogP contribution in [0.15, 0.2) is 63.7 Å². The molecule has 3 heteroatoms. The van der Waals surface area contributed by atoms with Crippen molar-refractivity contribution in [1.82, 2.24) is 5.32 Å². The number of allylic oxidation sites excluding steroid dienone is 9. The summed E-state index contributed by atoms with van der Waals surface area (Å²) in [6.45, 7) is 11.6. The molecule has 1 aliphatic carbocycles. The second-order valence-electron chi connectivity index (χ2n) is 7.68. The molecule has 1 aliphatic heterocycles. The highest BCUT2D eigenvalue weighted by Gasteiger charge is 2.26. The third-order valence-electron chi connectivity index (χ3n) is 4.83. The van der Waals surface area contributed by atoms with Gasteiger partial charge < -0.3 is 5.32 Å². The van der Waals surface area contributed by atoms with Crippen LogP contribution >= 0.6 is 0 Å². The van der Waals surface area contributed by atoms with E-state index in [1.165, 1.54) is 36.0 Å². The highest BCUT2D eigenvalue weighted by Crippen LogP contribution is 2.40. The van der Waals surface area contributed by atoms with Gasteiger partial charge in [-0.1, -0.05) is 55.4 Å². The number of nitrogens with zero attached hydrogens (tertiary/aromatic N) is 1. The van der Waals surface area contributed by atoms with Crippen molar-refractivity contribution in [3.05, 3.63) is 58.7 Å². The first-order valence-corrected chi connectivity index (χ1v) is 9.05. The van der Waals surface area contributed by atoms with Gasteiger partial charge in [0.15, 0.2) is 0 Å². The summed E-state index contributed by atoms with van der Waals surface area (Å²) in [7, 11) is 0. The minimum Gasteiger partial charge on any atom is -0.331 e. The molecule has 0 unspecified atom stereocenters. The average Bonchev–Trinajstić information content (AvgIpc) is 2.91. The van der Waals surface area contributed by atoms with Gasteiger partial charge in [-0.15, -0.1) is 0 Å². The molecule has 1 N–H and O–H groups in total. The van der Waals surface area contributed by atoms with Crippen molar-refractivity contribution in [3.63, 3.8) is 0 Å². The SMILES string of the molecule is CC1=C(/C=C/C(C)=C/C=C/C(C)=C/C2=NC(=O)NC2)C(C)(C)CCC1. The number of rotatable bonds is 5. The molecule has 2 aliphatic rings. The number of nitrogens with one attached hydrogen (secondary N) is 1. The van der Waals surface area contributed by atoms with Gasteiger partial charge in [0.05, 0.1) is 12.3 Å². The summed E-state index contributed by atoms with van der Waals surface area (Å²) >= 11 is 0. The van der Waals surface area contributed by atoms with Crippen LogP contribution in [0.4, 0.5) is 4.79 Å². The first kappa shape index (κ1) is 19.2. The van der Waals surface area contributed by atoms with Gasteiger partial charge in [0.1, 0.15) is 0 Å². The Kier molecular flexibility index (Phi) is 6.35. The Morgan fingerprint density at radius 3 is 2.60 bits per heavy atom. The maximum Gasteiger partial charge on any atom is 0.341 e. The van der Waals surface area contributed by atoms with Crippen LogP contribution in [0, 0.1) is 5.41 Å². The standard InChI is InChI=1S/C22H30N2O/c1-16(11-12-20-18(3)10-7-13-22(20,4)5)8-6-9-17(2)14-19-15-23-21(25)24-19/h6,8-9,11-12,14H,7,10,13,15H2,1-5H3,(H,23,25)/b9-6+,12-11+,16-8+,17-14+. The lowest BCUT2D eigenvalue weighted by Crippen LogP contribution is -2.19. The van der Waals surface area contributed by atoms with Gasteiger partial charge in [0.2, 0.25) is 0 Å². The molecule has 1 heterocycles. The van der Waals surface area contributed by atoms with Crippen molar-refractivity contribution in [2.45, 2.75) is 53.9 Å². The largest absolute Gasteiger partial charge is 0.341 e. The van der Waals surface area contributed by atoms with Crippen molar-refractivity contribution in [3.8, 4) is 0 Å². The van der Waals surface area contributed by atoms with Gasteiger partial charge in [-0.2, -0.15) is 4.99 Å². The molecule has 134 valence electrons. The summed E-state index contributed by atoms with van der Waals surface area (Å²) in [5.41, 5.74) is 6.38. The predicted molar refractivity (Wildman–Crippen MR) is 107 cm³/mol. The lowest BCUT2D eigenvalue weighted by molar-refractivity contribution is 0.252. The molecule has 0 aromatic carbocycles. The van der Waals surface area contributed by atoms with E-state index in [1.807, 2.05) is 25.2 Å². The highest BCUT2D eigenvalue weighted by atomic mass is 16.2. The summed E-state index contributed by atoms with van der Waals surface area (Å²) < 4.78 is 0. The van der Waals surface area contributed by atoms with E-state index in [-0.39, 0.29) is 11.4 Å². The minimum absolute atomic E-state index is 0.251. The molecule has 0 bridgehead atoms. The number of urea groups is 1. The summed E-state index contributed by atoms with van der Waals surface area (Å²) in [4.78, 5) is 14.9. The lowest BCUT2D eigenvalue weighted by Gasteiger charge is -2.32. The monoisotopic (exact) mass is 338 g/mol. The van der Waals surface area contributed by atoms with Crippen LogP contribution in [0.5, 0.6) is 0 Å². The molecule has 0 aromatic heterocycles. The Morgan fingerprint density at radius 1 is 1.20 bits per heavy atom. The van der Waals surface area contributed by atoms with Crippen molar-refractivity contribution in [1.29, 1.82) is 0 Å². The Bertz CT molecular complexity index is 712. The maximum atomic E-state index is 11.0. The van der Waals surface area contributed by atoms with E-state index in [2.05, 4.69) is 56.2 Å². The Hall–Kier alpha value is -2.16. The highest BCUT2D eigenvalue weighted by molar-refractivity contribution is 6.08. The Balaban J connectivity index is 2.00. The number of amides is 2. The van der Waals surface area contributed by atoms with Gasteiger partial charge in [-0.3, -0.25) is 0 Å². The third-order valence-corrected chi connectivity index (χ3v) is 4.83. The van der Waals surface area contributed by atoms with Gasteiger partial charge in [-0.25, -0.2) is 4.79 Å². The van der Waals surface area contributed by atoms with Crippen LogP contribution in [0.1, 0.15) is 53.9 Å². The minimum atomic E-state index is -0.251. The molecule has 0 fully saturated rings. The Labute approximate surface area is 152 Å². The fourth-order valence-corrected chi connectivity index (χ4v) is 3.40. The molecule has 0 radical (unpaired) electrons. The molecular formula is C22H30N2O. The van der Waals surface area contributed by atoms with E-state index in [9.17, 15) is 4.79 Å². The van der Waals surface area contributed by atoms with Gasteiger partial charge >= 0.3 is 6.03 Å². The molecular weight excluding hydrogens is 308 g/mol. The van der Waals surface area contributed by atoms with E-state index >= 15 is 0 Å². The van der Waals surface area contributed by atoms with Gasteiger partial charge in [-0.05, 0) is 62.7 Å². The average molecular weight is 338 g/mol. The lowest BCUT2D eigenvalue weighted by atomic mass is 9.72. The van der Waals surface area contributed by atoms with Crippen LogP contribution in [0.25, 0.3) is 0 Å². The van der Waals surface area contributed by atoms with Crippen molar-refractivity contribution in [2.75, 3.05) is 6.54 Å². The molecule has 2 amide bonds. The molecule has 3 nitrogen and oxygen atoms in total. The van der Waals surface area contributed by atoms with Crippen LogP contribution in [-0.2, 0) is 0 Å². The van der Waals surface area contributed by atoms with E-state index in [0.29, 0.717) is 6.54 Å². The molecule has 2 rings (SSSR count). The van der Waals surface area contributed by atoms with E-state index in [1.54, 1.807) is 0 Å². The summed E-state index contributed by atoms with van der Waals surface area (Å²) in [5, 5.41) is 2.67. The summed E-state index contributed by atoms with van der Waals surface area (Å²) in [6, 6.07) is -0.251. The Morgan fingerprint density at radius 2 is 1.96 bits per heavy atom. The fourth-order valence-electron chi connectivity index (χ4n) is 3.40. The normalized spacial score (nSPS) is 22.1. The topological polar surface area (TPSA) is 41.5 Å². The first-order valence-electron chi connectivity index (χ1n) is 9.05. The van der Waals surface area contributed by atoms with Crippen molar-refractivity contribution >= 4 is 11.7 Å². The van der Waals surface area contributed by atoms with E-state index < -0.39 is 0 Å². The second-order valence-corrected chi connectivity index (χ2v) is 7.68. The van der Waals surface area contributed by atoms with Crippen LogP contribution < -0.4 is 5.32 Å². The molecule has 0 aromatic rings. The number of hydrogen-bond acceptors (Lipinski definition) is 1. The van der Waals surface area contributed by atoms with Crippen LogP contribution in [0.3, 0.4) is 0 Å². The van der Waals surface area contributed by atoms with E-state index in [0.717, 1.165) is 11.3 Å². The zero-order chi connectivity index (χ0) is 18.4. The smallest absolute Gasteiger partial charge is 0.331 e. The van der Waals surface area contributed by atoms with Gasteiger partial charge in [0, 0.05) is 0 Å². The molecule has 0 atom stereocenters. The molecule has 25 heavy (non-hydrogen) atoms. The number of hydrogen-bond donors (Lipinski definition) is 1. The quantitative estimate of drug-likeness (QED) is 0.644. The van der Waals surface area contributed by atoms with Crippen molar-refractivity contribution < 1.29 is 4.79 Å². The fraction of sp³-hybridized carbons (Fsp3) is 0.455. The molecule has 0 saturated heterocycles. The number of carbonyl (C=O) groups is 1. The van der Waals surface area contributed by atoms with Crippen molar-refractivity contribution in [2.24, 2.45) is 10.4 Å². The molecule has 0 spiro atoms. The number of aliphatic imine (C=N–C) groups is 1.